The molecule has 0 bridgehead atoms. The lowest BCUT2D eigenvalue weighted by molar-refractivity contribution is -0.121. The van der Waals surface area contributed by atoms with Crippen LogP contribution in [0.3, 0.4) is 0 Å². The van der Waals surface area contributed by atoms with E-state index in [0.29, 0.717) is 13.0 Å². The Morgan fingerprint density at radius 2 is 2.16 bits per heavy atom. The van der Waals surface area contributed by atoms with Crippen LogP contribution in [0.4, 0.5) is 0 Å². The van der Waals surface area contributed by atoms with E-state index >= 15 is 0 Å². The highest BCUT2D eigenvalue weighted by Crippen LogP contribution is 2.45. The molecule has 1 saturated heterocycles. The molecule has 3 rings (SSSR count). The van der Waals surface area contributed by atoms with Gasteiger partial charge in [-0.15, -0.1) is 29.9 Å². The highest BCUT2D eigenvalue weighted by atomic mass is 32.2. The average molecular weight is 372 g/mol. The van der Waals surface area contributed by atoms with Gasteiger partial charge in [0.15, 0.2) is 0 Å². The van der Waals surface area contributed by atoms with Crippen LogP contribution < -0.4 is 5.43 Å². The molecule has 1 aliphatic heterocycles. The van der Waals surface area contributed by atoms with E-state index in [1.807, 2.05) is 54.7 Å². The molecule has 0 saturated carbocycles. The quantitative estimate of drug-likeness (QED) is 0.496. The predicted molar refractivity (Wildman–Crippen MR) is 109 cm³/mol. The molecule has 1 fully saturated rings. The minimum atomic E-state index is -0.0503. The maximum absolute atomic E-state index is 12.2. The van der Waals surface area contributed by atoms with Crippen LogP contribution in [0.25, 0.3) is 10.9 Å². The Balaban J connectivity index is 1.76. The Labute approximate surface area is 156 Å². The first-order chi connectivity index (χ1) is 12.0. The van der Waals surface area contributed by atoms with Crippen LogP contribution >= 0.6 is 23.5 Å². The number of hydrogen-bond donors (Lipinski definition) is 1. The van der Waals surface area contributed by atoms with Crippen molar-refractivity contribution in [3.05, 3.63) is 35.5 Å². The van der Waals surface area contributed by atoms with Gasteiger partial charge in [-0.2, -0.15) is 5.10 Å². The molecule has 0 atom stereocenters. The molecule has 6 heteroatoms. The molecule has 25 heavy (non-hydrogen) atoms. The number of amides is 1. The molecule has 0 spiro atoms. The number of hydrazone groups is 1. The topological polar surface area (TPSA) is 46.4 Å². The minimum Gasteiger partial charge on any atom is -0.333 e. The van der Waals surface area contributed by atoms with Gasteiger partial charge in [0.2, 0.25) is 5.91 Å². The fourth-order valence-corrected chi connectivity index (χ4v) is 5.90. The summed E-state index contributed by atoms with van der Waals surface area (Å²) >= 11 is 3.69. The van der Waals surface area contributed by atoms with E-state index in [9.17, 15) is 4.79 Å². The molecule has 0 aliphatic carbocycles. The van der Waals surface area contributed by atoms with Gasteiger partial charge in [-0.1, -0.05) is 24.1 Å². The number of thioether (sulfide) groups is 2. The number of carbonyl (C=O) groups excluding carboxylic acids is 1. The smallest absolute Gasteiger partial charge is 0.242 e. The zero-order valence-electron chi connectivity index (χ0n) is 14.4. The number of fused-ring (bicyclic) bond motifs is 1. The summed E-state index contributed by atoms with van der Waals surface area (Å²) in [5, 5.41) is 5.28. The second kappa shape index (κ2) is 7.59. The fraction of sp³-hybridized carbons (Fsp3) is 0.368. The third kappa shape index (κ3) is 3.88. The largest absolute Gasteiger partial charge is 0.333 e. The maximum Gasteiger partial charge on any atom is 0.242 e. The highest BCUT2D eigenvalue weighted by molar-refractivity contribution is 8.21. The zero-order valence-corrected chi connectivity index (χ0v) is 16.0. The fourth-order valence-electron chi connectivity index (χ4n) is 3.07. The van der Waals surface area contributed by atoms with Gasteiger partial charge in [0.05, 0.1) is 23.3 Å². The number of hydrogen-bond acceptors (Lipinski definition) is 4. The van der Waals surface area contributed by atoms with Crippen LogP contribution in [-0.2, 0) is 11.3 Å². The van der Waals surface area contributed by atoms with Crippen molar-refractivity contribution in [1.82, 2.24) is 9.99 Å². The van der Waals surface area contributed by atoms with Crippen LogP contribution in [-0.4, -0.2) is 32.3 Å². The van der Waals surface area contributed by atoms with Gasteiger partial charge in [0.25, 0.3) is 0 Å². The summed E-state index contributed by atoms with van der Waals surface area (Å²) in [4.78, 5) is 12.2. The van der Waals surface area contributed by atoms with E-state index in [4.69, 9.17) is 6.42 Å². The Hall–Kier alpha value is -1.84. The molecular formula is C19H21N3OS2. The van der Waals surface area contributed by atoms with Gasteiger partial charge in [-0.05, 0) is 19.9 Å². The molecule has 4 nitrogen and oxygen atoms in total. The van der Waals surface area contributed by atoms with E-state index in [1.165, 1.54) is 0 Å². The molecule has 0 radical (unpaired) electrons. The average Bonchev–Trinajstić information content (AvgIpc) is 3.12. The Morgan fingerprint density at radius 1 is 1.44 bits per heavy atom. The van der Waals surface area contributed by atoms with Gasteiger partial charge < -0.3 is 4.57 Å². The summed E-state index contributed by atoms with van der Waals surface area (Å²) < 4.78 is 2.06. The highest BCUT2D eigenvalue weighted by Gasteiger charge is 2.32. The third-order valence-corrected chi connectivity index (χ3v) is 7.58. The summed E-state index contributed by atoms with van der Waals surface area (Å²) in [7, 11) is 0. The minimum absolute atomic E-state index is 0.0294. The van der Waals surface area contributed by atoms with Gasteiger partial charge in [-0.3, -0.25) is 4.79 Å². The summed E-state index contributed by atoms with van der Waals surface area (Å²) in [6.07, 6.45) is 7.69. The number of nitrogens with zero attached hydrogens (tertiary/aromatic N) is 2. The van der Waals surface area contributed by atoms with Gasteiger partial charge >= 0.3 is 0 Å². The van der Waals surface area contributed by atoms with Gasteiger partial charge in [-0.25, -0.2) is 5.43 Å². The van der Waals surface area contributed by atoms with Crippen molar-refractivity contribution in [2.24, 2.45) is 5.10 Å². The second-order valence-corrected chi connectivity index (χ2v) is 9.56. The molecule has 130 valence electrons. The van der Waals surface area contributed by atoms with E-state index in [1.54, 1.807) is 6.21 Å². The number of terminal acetylenes is 1. The van der Waals surface area contributed by atoms with Crippen LogP contribution in [0, 0.1) is 19.3 Å². The Bertz CT molecular complexity index is 857. The summed E-state index contributed by atoms with van der Waals surface area (Å²) in [6, 6.07) is 8.08. The number of carbonyl (C=O) groups is 1. The molecule has 1 N–H and O–H groups in total. The molecule has 1 aliphatic rings. The van der Waals surface area contributed by atoms with E-state index in [0.717, 1.165) is 33.7 Å². The van der Waals surface area contributed by atoms with Crippen LogP contribution in [0.5, 0.6) is 0 Å². The molecular weight excluding hydrogens is 350 g/mol. The lowest BCUT2D eigenvalue weighted by Gasteiger charge is -2.19. The van der Waals surface area contributed by atoms with Crippen molar-refractivity contribution < 1.29 is 4.79 Å². The third-order valence-electron chi connectivity index (χ3n) is 4.29. The molecule has 1 amide bonds. The maximum atomic E-state index is 12.2. The van der Waals surface area contributed by atoms with Crippen molar-refractivity contribution in [2.75, 3.05) is 11.5 Å². The SMILES string of the molecule is C#CCn1c(C)c(/C=N\NC(=O)CC2(C)SCCS2)c2ccccc21. The number of nitrogens with one attached hydrogen (secondary N) is 1. The number of rotatable bonds is 5. The summed E-state index contributed by atoms with van der Waals surface area (Å²) in [5.74, 6) is 4.85. The van der Waals surface area contributed by atoms with Crippen LogP contribution in [0.15, 0.2) is 29.4 Å². The molecule has 2 heterocycles. The first-order valence-corrected chi connectivity index (χ1v) is 10.1. The number of para-hydroxylation sites is 1. The van der Waals surface area contributed by atoms with Crippen molar-refractivity contribution in [3.8, 4) is 12.3 Å². The lowest BCUT2D eigenvalue weighted by Crippen LogP contribution is -2.26. The van der Waals surface area contributed by atoms with Gasteiger partial charge in [0.1, 0.15) is 0 Å². The standard InChI is InChI=1S/C19H21N3OS2/c1-4-9-22-14(2)16(15-7-5-6-8-17(15)22)13-20-21-18(23)12-19(3)24-10-11-25-19/h1,5-8,13H,9-12H2,2-3H3,(H,21,23)/b20-13-. The summed E-state index contributed by atoms with van der Waals surface area (Å²) in [6.45, 7) is 4.66. The van der Waals surface area contributed by atoms with Crippen molar-refractivity contribution in [1.29, 1.82) is 0 Å². The van der Waals surface area contributed by atoms with E-state index in [2.05, 4.69) is 27.9 Å². The monoisotopic (exact) mass is 371 g/mol. The van der Waals surface area contributed by atoms with Crippen LogP contribution in [0.2, 0.25) is 0 Å². The second-order valence-electron chi connectivity index (χ2n) is 6.11. The first kappa shape index (κ1) is 18.0. The summed E-state index contributed by atoms with van der Waals surface area (Å²) in [5.41, 5.74) is 5.79. The van der Waals surface area contributed by atoms with E-state index in [-0.39, 0.29) is 9.99 Å². The predicted octanol–water partition coefficient (Wildman–Crippen LogP) is 3.62. The molecule has 0 unspecified atom stereocenters. The van der Waals surface area contributed by atoms with Crippen LogP contribution in [0.1, 0.15) is 24.6 Å². The van der Waals surface area contributed by atoms with Crippen molar-refractivity contribution in [3.63, 3.8) is 0 Å². The Morgan fingerprint density at radius 3 is 2.88 bits per heavy atom. The van der Waals surface area contributed by atoms with Crippen molar-refractivity contribution in [2.45, 2.75) is 30.9 Å². The molecule has 1 aromatic carbocycles. The Kier molecular flexibility index (Phi) is 5.45. The number of benzene rings is 1. The molecule has 1 aromatic heterocycles. The van der Waals surface area contributed by atoms with Gasteiger partial charge in [0, 0.05) is 33.7 Å². The van der Waals surface area contributed by atoms with E-state index < -0.39 is 0 Å². The van der Waals surface area contributed by atoms with Crippen molar-refractivity contribution >= 4 is 46.5 Å². The zero-order chi connectivity index (χ0) is 17.9. The lowest BCUT2D eigenvalue weighted by atomic mass is 10.1. The first-order valence-electron chi connectivity index (χ1n) is 8.15. The normalized spacial score (nSPS) is 16.4. The number of aromatic nitrogens is 1. The molecule has 2 aromatic rings.